The average molecular weight is 252 g/mol. The lowest BCUT2D eigenvalue weighted by molar-refractivity contribution is 0.0525. The van der Waals surface area contributed by atoms with E-state index >= 15 is 0 Å². The Bertz CT molecular complexity index is 391. The highest BCUT2D eigenvalue weighted by molar-refractivity contribution is 5.94. The quantitative estimate of drug-likeness (QED) is 0.624. The summed E-state index contributed by atoms with van der Waals surface area (Å²) in [5.74, 6) is 0.0472. The Kier molecular flexibility index (Phi) is 4.95. The first-order chi connectivity index (χ1) is 8.38. The minimum Gasteiger partial charge on any atom is -0.444 e. The molecule has 0 spiro atoms. The summed E-state index contributed by atoms with van der Waals surface area (Å²) in [6.07, 6.45) is 2.26. The molecule has 0 radical (unpaired) electrons. The van der Waals surface area contributed by atoms with Gasteiger partial charge in [0.2, 0.25) is 0 Å². The molecule has 100 valence electrons. The summed E-state index contributed by atoms with van der Waals surface area (Å²) in [6.45, 7) is 5.85. The van der Waals surface area contributed by atoms with E-state index in [0.717, 1.165) is 0 Å². The topological polar surface area (TPSA) is 71.2 Å². The van der Waals surface area contributed by atoms with Crippen molar-refractivity contribution in [1.29, 1.82) is 0 Å². The van der Waals surface area contributed by atoms with E-state index in [1.54, 1.807) is 39.1 Å². The van der Waals surface area contributed by atoms with Crippen molar-refractivity contribution in [3.8, 4) is 0 Å². The van der Waals surface area contributed by atoms with Crippen molar-refractivity contribution in [2.45, 2.75) is 39.2 Å². The predicted octanol–water partition coefficient (Wildman–Crippen LogP) is 2.50. The van der Waals surface area contributed by atoms with Crippen molar-refractivity contribution in [3.05, 3.63) is 24.0 Å². The van der Waals surface area contributed by atoms with E-state index in [-0.39, 0.29) is 5.78 Å². The summed E-state index contributed by atoms with van der Waals surface area (Å²) in [5.41, 5.74) is 0.108. The smallest absolute Gasteiger partial charge is 0.407 e. The maximum absolute atomic E-state index is 11.6. The molecular weight excluding hydrogens is 232 g/mol. The van der Waals surface area contributed by atoms with Crippen molar-refractivity contribution in [1.82, 2.24) is 10.3 Å². The molecule has 1 rings (SSSR count). The Morgan fingerprint density at radius 1 is 1.39 bits per heavy atom. The summed E-state index contributed by atoms with van der Waals surface area (Å²) in [7, 11) is 0. The summed E-state index contributed by atoms with van der Waals surface area (Å²) in [5, 5.41) is 2.62. The van der Waals surface area contributed by atoms with E-state index in [4.69, 9.17) is 4.74 Å². The molecule has 1 aromatic heterocycles. The van der Waals surface area contributed by atoms with Crippen LogP contribution < -0.4 is 5.32 Å². The van der Waals surface area contributed by atoms with Crippen LogP contribution in [0.15, 0.2) is 18.3 Å². The van der Waals surface area contributed by atoms with Gasteiger partial charge in [-0.3, -0.25) is 4.79 Å². The van der Waals surface area contributed by atoms with Gasteiger partial charge in [0.25, 0.3) is 0 Å². The van der Waals surface area contributed by atoms with E-state index < -0.39 is 11.7 Å². The third-order valence-electron chi connectivity index (χ3n) is 2.15. The lowest BCUT2D eigenvalue weighted by Gasteiger charge is -2.19. The normalized spacial score (nSPS) is 11.1. The number of carbonyl (C=O) groups excluding carboxylic acids is 2. The number of hydrogen-bond acceptors (Lipinski definition) is 3. The van der Waals surface area contributed by atoms with Crippen molar-refractivity contribution >= 4 is 11.9 Å². The van der Waals surface area contributed by atoms with Gasteiger partial charge in [-0.2, -0.15) is 0 Å². The number of carbonyl (C=O) groups is 2. The number of amides is 1. The third kappa shape index (κ3) is 5.52. The number of ketones is 1. The molecule has 0 bridgehead atoms. The number of H-pyrrole nitrogens is 1. The summed E-state index contributed by atoms with van der Waals surface area (Å²) in [6, 6.07) is 3.52. The van der Waals surface area contributed by atoms with Crippen molar-refractivity contribution in [2.75, 3.05) is 6.54 Å². The zero-order valence-electron chi connectivity index (χ0n) is 11.1. The molecule has 1 heterocycles. The molecule has 1 amide bonds. The van der Waals surface area contributed by atoms with Crippen molar-refractivity contribution < 1.29 is 14.3 Å². The first-order valence-corrected chi connectivity index (χ1v) is 6.02. The maximum atomic E-state index is 11.6. The fourth-order valence-electron chi connectivity index (χ4n) is 1.39. The molecule has 0 aliphatic rings. The van der Waals surface area contributed by atoms with Crippen molar-refractivity contribution in [3.63, 3.8) is 0 Å². The lowest BCUT2D eigenvalue weighted by atomic mass is 10.2. The minimum absolute atomic E-state index is 0.0472. The molecule has 0 saturated heterocycles. The Hall–Kier alpha value is -1.78. The van der Waals surface area contributed by atoms with Crippen LogP contribution in [-0.2, 0) is 4.74 Å². The minimum atomic E-state index is -0.496. The monoisotopic (exact) mass is 252 g/mol. The Balaban J connectivity index is 2.16. The van der Waals surface area contributed by atoms with Gasteiger partial charge in [-0.15, -0.1) is 0 Å². The highest BCUT2D eigenvalue weighted by Crippen LogP contribution is 2.06. The first-order valence-electron chi connectivity index (χ1n) is 6.02. The molecule has 1 aromatic rings. The predicted molar refractivity (Wildman–Crippen MR) is 68.6 cm³/mol. The van der Waals surface area contributed by atoms with Crippen LogP contribution in [0.2, 0.25) is 0 Å². The molecule has 5 heteroatoms. The Morgan fingerprint density at radius 3 is 2.67 bits per heavy atom. The van der Waals surface area contributed by atoms with Gasteiger partial charge in [-0.25, -0.2) is 4.79 Å². The van der Waals surface area contributed by atoms with Gasteiger partial charge in [0.1, 0.15) is 5.60 Å². The maximum Gasteiger partial charge on any atom is 0.407 e. The lowest BCUT2D eigenvalue weighted by Crippen LogP contribution is -2.33. The number of rotatable bonds is 5. The second kappa shape index (κ2) is 6.23. The van der Waals surface area contributed by atoms with E-state index in [0.29, 0.717) is 25.1 Å². The average Bonchev–Trinajstić information content (AvgIpc) is 2.74. The standard InChI is InChI=1S/C13H20N2O3/c1-13(2,3)18-12(17)15-9-5-7-11(16)10-6-4-8-14-10/h4,6,8,14H,5,7,9H2,1-3H3,(H,15,17). The van der Waals surface area contributed by atoms with Crippen LogP contribution in [0, 0.1) is 0 Å². The van der Waals surface area contributed by atoms with Crippen LogP contribution in [0.1, 0.15) is 44.1 Å². The highest BCUT2D eigenvalue weighted by Gasteiger charge is 2.15. The third-order valence-corrected chi connectivity index (χ3v) is 2.15. The molecule has 18 heavy (non-hydrogen) atoms. The van der Waals surface area contributed by atoms with Gasteiger partial charge in [0.05, 0.1) is 5.69 Å². The van der Waals surface area contributed by atoms with Crippen LogP contribution in [0.25, 0.3) is 0 Å². The number of aromatic amines is 1. The van der Waals surface area contributed by atoms with Crippen LogP contribution in [0.4, 0.5) is 4.79 Å². The molecule has 0 aliphatic heterocycles. The van der Waals surface area contributed by atoms with E-state index in [2.05, 4.69) is 10.3 Å². The van der Waals surface area contributed by atoms with Gasteiger partial charge >= 0.3 is 6.09 Å². The second-order valence-electron chi connectivity index (χ2n) is 5.04. The largest absolute Gasteiger partial charge is 0.444 e. The van der Waals surface area contributed by atoms with Gasteiger partial charge in [0.15, 0.2) is 5.78 Å². The molecule has 2 N–H and O–H groups in total. The van der Waals surface area contributed by atoms with Crippen molar-refractivity contribution in [2.24, 2.45) is 0 Å². The van der Waals surface area contributed by atoms with Crippen LogP contribution in [-0.4, -0.2) is 29.0 Å². The molecule has 0 unspecified atom stereocenters. The van der Waals surface area contributed by atoms with Gasteiger partial charge in [-0.1, -0.05) is 0 Å². The van der Waals surface area contributed by atoms with Gasteiger partial charge < -0.3 is 15.0 Å². The Morgan fingerprint density at radius 2 is 2.11 bits per heavy atom. The van der Waals surface area contributed by atoms with Gasteiger partial charge in [0, 0.05) is 19.2 Å². The SMILES string of the molecule is CC(C)(C)OC(=O)NCCCC(=O)c1ccc[nH]1. The Labute approximate surface area is 107 Å². The van der Waals surface area contributed by atoms with Crippen LogP contribution in [0.5, 0.6) is 0 Å². The van der Waals surface area contributed by atoms with Crippen LogP contribution in [0.3, 0.4) is 0 Å². The molecule has 0 aromatic carbocycles. The van der Waals surface area contributed by atoms with E-state index in [9.17, 15) is 9.59 Å². The summed E-state index contributed by atoms with van der Waals surface area (Å²) in [4.78, 5) is 25.8. The molecule has 0 fully saturated rings. The fraction of sp³-hybridized carbons (Fsp3) is 0.538. The molecular formula is C13H20N2O3. The fourth-order valence-corrected chi connectivity index (χ4v) is 1.39. The number of Topliss-reactive ketones (excluding diaryl/α,β-unsaturated/α-hetero) is 1. The van der Waals surface area contributed by atoms with E-state index in [1.165, 1.54) is 0 Å². The molecule has 5 nitrogen and oxygen atoms in total. The number of hydrogen-bond donors (Lipinski definition) is 2. The number of alkyl carbamates (subject to hydrolysis) is 1. The van der Waals surface area contributed by atoms with Crippen LogP contribution >= 0.6 is 0 Å². The summed E-state index contributed by atoms with van der Waals surface area (Å²) < 4.78 is 5.08. The molecule has 0 atom stereocenters. The second-order valence-corrected chi connectivity index (χ2v) is 5.04. The number of nitrogens with one attached hydrogen (secondary N) is 2. The molecule has 0 aliphatic carbocycles. The molecule has 0 saturated carbocycles. The number of aromatic nitrogens is 1. The van der Waals surface area contributed by atoms with Gasteiger partial charge in [-0.05, 0) is 39.3 Å². The van der Waals surface area contributed by atoms with E-state index in [1.807, 2.05) is 0 Å². The highest BCUT2D eigenvalue weighted by atomic mass is 16.6. The zero-order valence-corrected chi connectivity index (χ0v) is 11.1. The summed E-state index contributed by atoms with van der Waals surface area (Å²) >= 11 is 0. The zero-order chi connectivity index (χ0) is 13.6. The number of ether oxygens (including phenoxy) is 1. The first kappa shape index (κ1) is 14.3.